The topological polar surface area (TPSA) is 72.5 Å². The molecule has 2 heterocycles. The molecule has 2 N–H and O–H groups in total. The van der Waals surface area contributed by atoms with Crippen LogP contribution in [0.25, 0.3) is 0 Å². The summed E-state index contributed by atoms with van der Waals surface area (Å²) in [5.41, 5.74) is 2.06. The maximum atomic E-state index is 11.9. The molecule has 0 aliphatic carbocycles. The van der Waals surface area contributed by atoms with Gasteiger partial charge in [0.15, 0.2) is 11.5 Å². The van der Waals surface area contributed by atoms with Crippen LogP contribution in [0.1, 0.15) is 24.1 Å². The Morgan fingerprint density at radius 2 is 2.17 bits per heavy atom. The number of hydrogen-bond donors (Lipinski definition) is 2. The van der Waals surface area contributed by atoms with Gasteiger partial charge in [-0.2, -0.15) is 0 Å². The van der Waals surface area contributed by atoms with E-state index >= 15 is 0 Å². The monoisotopic (exact) mass is 313 g/mol. The molecule has 0 fully saturated rings. The summed E-state index contributed by atoms with van der Waals surface area (Å²) in [4.78, 5) is 16.0. The molecule has 1 aliphatic rings. The lowest BCUT2D eigenvalue weighted by Gasteiger charge is -2.14. The van der Waals surface area contributed by atoms with Gasteiger partial charge in [0.05, 0.1) is 6.04 Å². The molecule has 0 spiro atoms. The molecule has 1 aromatic heterocycles. The molecule has 0 unspecified atom stereocenters. The zero-order valence-electron chi connectivity index (χ0n) is 12.9. The van der Waals surface area contributed by atoms with E-state index in [1.807, 2.05) is 37.3 Å². The maximum Gasteiger partial charge on any atom is 0.315 e. The molecule has 0 saturated heterocycles. The van der Waals surface area contributed by atoms with E-state index in [9.17, 15) is 4.79 Å². The van der Waals surface area contributed by atoms with Crippen LogP contribution in [0.3, 0.4) is 0 Å². The molecule has 6 nitrogen and oxygen atoms in total. The highest BCUT2D eigenvalue weighted by atomic mass is 16.7. The van der Waals surface area contributed by atoms with Crippen molar-refractivity contribution in [2.45, 2.75) is 19.4 Å². The van der Waals surface area contributed by atoms with E-state index in [1.165, 1.54) is 0 Å². The van der Waals surface area contributed by atoms with E-state index in [-0.39, 0.29) is 18.9 Å². The average molecular weight is 313 g/mol. The fourth-order valence-corrected chi connectivity index (χ4v) is 2.38. The highest BCUT2D eigenvalue weighted by Crippen LogP contribution is 2.32. The van der Waals surface area contributed by atoms with E-state index in [4.69, 9.17) is 9.47 Å². The summed E-state index contributed by atoms with van der Waals surface area (Å²) in [7, 11) is 0. The number of nitrogens with one attached hydrogen (secondary N) is 2. The smallest absolute Gasteiger partial charge is 0.315 e. The Kier molecular flexibility index (Phi) is 4.61. The van der Waals surface area contributed by atoms with Gasteiger partial charge in [0, 0.05) is 18.9 Å². The molecule has 23 heavy (non-hydrogen) atoms. The van der Waals surface area contributed by atoms with Crippen molar-refractivity contribution in [3.05, 3.63) is 53.9 Å². The van der Waals surface area contributed by atoms with Gasteiger partial charge in [-0.3, -0.25) is 4.98 Å². The van der Waals surface area contributed by atoms with Gasteiger partial charge in [-0.15, -0.1) is 0 Å². The molecule has 120 valence electrons. The number of pyridine rings is 1. The molecule has 2 aromatic rings. The summed E-state index contributed by atoms with van der Waals surface area (Å²) < 4.78 is 10.6. The first kappa shape index (κ1) is 15.1. The van der Waals surface area contributed by atoms with Gasteiger partial charge in [0.1, 0.15) is 0 Å². The van der Waals surface area contributed by atoms with Gasteiger partial charge < -0.3 is 20.1 Å². The Balaban J connectivity index is 1.44. The molecule has 3 rings (SSSR count). The second kappa shape index (κ2) is 7.00. The number of urea groups is 1. The molecule has 1 atom stereocenters. The van der Waals surface area contributed by atoms with Crippen molar-refractivity contribution in [1.29, 1.82) is 0 Å². The van der Waals surface area contributed by atoms with Crippen LogP contribution in [0.4, 0.5) is 4.79 Å². The molecule has 0 radical (unpaired) electrons. The number of rotatable bonds is 5. The van der Waals surface area contributed by atoms with Crippen LogP contribution >= 0.6 is 0 Å². The molecule has 1 aromatic carbocycles. The van der Waals surface area contributed by atoms with Crippen molar-refractivity contribution in [3.8, 4) is 11.5 Å². The summed E-state index contributed by atoms with van der Waals surface area (Å²) in [6.45, 7) is 2.74. The van der Waals surface area contributed by atoms with E-state index in [0.29, 0.717) is 6.54 Å². The summed E-state index contributed by atoms with van der Waals surface area (Å²) >= 11 is 0. The van der Waals surface area contributed by atoms with Crippen molar-refractivity contribution in [2.75, 3.05) is 13.3 Å². The van der Waals surface area contributed by atoms with Gasteiger partial charge >= 0.3 is 6.03 Å². The summed E-state index contributed by atoms with van der Waals surface area (Å²) in [5, 5.41) is 5.75. The van der Waals surface area contributed by atoms with Crippen molar-refractivity contribution in [3.63, 3.8) is 0 Å². The van der Waals surface area contributed by atoms with Gasteiger partial charge in [0.2, 0.25) is 6.79 Å². The zero-order valence-corrected chi connectivity index (χ0v) is 12.9. The lowest BCUT2D eigenvalue weighted by Crippen LogP contribution is -2.38. The number of aromatic nitrogens is 1. The van der Waals surface area contributed by atoms with Gasteiger partial charge in [-0.1, -0.05) is 12.1 Å². The van der Waals surface area contributed by atoms with Crippen LogP contribution < -0.4 is 20.1 Å². The highest BCUT2D eigenvalue weighted by Gasteiger charge is 2.13. The fraction of sp³-hybridized carbons (Fsp3) is 0.294. The first-order valence-electron chi connectivity index (χ1n) is 7.55. The van der Waals surface area contributed by atoms with Crippen LogP contribution in [-0.4, -0.2) is 24.4 Å². The predicted molar refractivity (Wildman–Crippen MR) is 85.5 cm³/mol. The first-order valence-corrected chi connectivity index (χ1v) is 7.55. The number of fused-ring (bicyclic) bond motifs is 1. The number of carbonyl (C=O) groups excluding carboxylic acids is 1. The Bertz CT molecular complexity index is 676. The molecule has 6 heteroatoms. The molecule has 0 saturated carbocycles. The molecule has 0 bridgehead atoms. The molecular formula is C17H19N3O3. The summed E-state index contributed by atoms with van der Waals surface area (Å²) in [6.07, 6.45) is 4.19. The van der Waals surface area contributed by atoms with Crippen LogP contribution in [-0.2, 0) is 6.42 Å². The second-order valence-electron chi connectivity index (χ2n) is 5.35. The normalized spacial score (nSPS) is 13.4. The molecule has 2 amide bonds. The zero-order chi connectivity index (χ0) is 16.1. The predicted octanol–water partition coefficient (Wildman–Crippen LogP) is 2.41. The standard InChI is InChI=1S/C17H19N3O3/c1-12(14-3-2-7-18-10-14)20-17(21)19-8-6-13-4-5-15-16(9-13)23-11-22-15/h2-5,7,9-10,12H,6,8,11H2,1H3,(H2,19,20,21)/t12-/m1/s1. The lowest BCUT2D eigenvalue weighted by molar-refractivity contribution is 0.174. The average Bonchev–Trinajstić information content (AvgIpc) is 3.03. The van der Waals surface area contributed by atoms with Crippen molar-refractivity contribution in [2.24, 2.45) is 0 Å². The van der Waals surface area contributed by atoms with Gasteiger partial charge in [-0.05, 0) is 42.7 Å². The van der Waals surface area contributed by atoms with Crippen molar-refractivity contribution < 1.29 is 14.3 Å². The van der Waals surface area contributed by atoms with Gasteiger partial charge in [0.25, 0.3) is 0 Å². The number of nitrogens with zero attached hydrogens (tertiary/aromatic N) is 1. The van der Waals surface area contributed by atoms with Crippen LogP contribution in [0.2, 0.25) is 0 Å². The van der Waals surface area contributed by atoms with E-state index in [1.54, 1.807) is 12.4 Å². The third kappa shape index (κ3) is 3.91. The van der Waals surface area contributed by atoms with E-state index < -0.39 is 0 Å². The second-order valence-corrected chi connectivity index (χ2v) is 5.35. The van der Waals surface area contributed by atoms with Crippen molar-refractivity contribution >= 4 is 6.03 Å². The minimum atomic E-state index is -0.193. The third-order valence-corrected chi connectivity index (χ3v) is 3.67. The molecule has 1 aliphatic heterocycles. The molecular weight excluding hydrogens is 294 g/mol. The van der Waals surface area contributed by atoms with Crippen LogP contribution in [0.5, 0.6) is 11.5 Å². The van der Waals surface area contributed by atoms with E-state index in [2.05, 4.69) is 15.6 Å². The minimum absolute atomic E-state index is 0.0887. The minimum Gasteiger partial charge on any atom is -0.454 e. The summed E-state index contributed by atoms with van der Waals surface area (Å²) in [6, 6.07) is 9.32. The highest BCUT2D eigenvalue weighted by molar-refractivity contribution is 5.74. The number of amides is 2. The Labute approximate surface area is 134 Å². The maximum absolute atomic E-state index is 11.9. The lowest BCUT2D eigenvalue weighted by atomic mass is 10.1. The third-order valence-electron chi connectivity index (χ3n) is 3.67. The Morgan fingerprint density at radius 1 is 1.30 bits per heavy atom. The van der Waals surface area contributed by atoms with Crippen LogP contribution in [0, 0.1) is 0 Å². The van der Waals surface area contributed by atoms with Crippen LogP contribution in [0.15, 0.2) is 42.7 Å². The number of ether oxygens (including phenoxy) is 2. The fourth-order valence-electron chi connectivity index (χ4n) is 2.38. The Hall–Kier alpha value is -2.76. The first-order chi connectivity index (χ1) is 11.2. The number of carbonyl (C=O) groups is 1. The van der Waals surface area contributed by atoms with Gasteiger partial charge in [-0.25, -0.2) is 4.79 Å². The SMILES string of the molecule is C[C@@H](NC(=O)NCCc1ccc2c(c1)OCO2)c1cccnc1. The van der Waals surface area contributed by atoms with E-state index in [0.717, 1.165) is 29.0 Å². The van der Waals surface area contributed by atoms with Crippen molar-refractivity contribution in [1.82, 2.24) is 15.6 Å². The number of hydrogen-bond acceptors (Lipinski definition) is 4. The number of benzene rings is 1. The summed E-state index contributed by atoms with van der Waals surface area (Å²) in [5.74, 6) is 1.53. The largest absolute Gasteiger partial charge is 0.454 e. The quantitative estimate of drug-likeness (QED) is 0.889. The Morgan fingerprint density at radius 3 is 3.00 bits per heavy atom.